The van der Waals surface area contributed by atoms with Crippen molar-refractivity contribution in [3.05, 3.63) is 47.5 Å². The van der Waals surface area contributed by atoms with Crippen LogP contribution in [-0.2, 0) is 6.54 Å². The van der Waals surface area contributed by atoms with E-state index < -0.39 is 11.7 Å². The van der Waals surface area contributed by atoms with Gasteiger partial charge < -0.3 is 15.8 Å². The number of nitrogens with one attached hydrogen (secondary N) is 1. The number of amides is 1. The summed E-state index contributed by atoms with van der Waals surface area (Å²) in [5.41, 5.74) is 5.93. The fourth-order valence-electron chi connectivity index (χ4n) is 1.55. The van der Waals surface area contributed by atoms with Gasteiger partial charge in [0.25, 0.3) is 5.91 Å². The summed E-state index contributed by atoms with van der Waals surface area (Å²) in [6, 6.07) is 4.70. The zero-order valence-electron chi connectivity index (χ0n) is 10.8. The van der Waals surface area contributed by atoms with Crippen LogP contribution in [0.2, 0.25) is 0 Å². The lowest BCUT2D eigenvalue weighted by Gasteiger charge is -2.07. The quantitative estimate of drug-likeness (QED) is 0.873. The highest BCUT2D eigenvalue weighted by Crippen LogP contribution is 2.12. The summed E-state index contributed by atoms with van der Waals surface area (Å²) in [6.07, 6.45) is 2.85. The molecule has 0 unspecified atom stereocenters. The second kappa shape index (κ2) is 5.96. The molecule has 7 heteroatoms. The molecule has 0 atom stereocenters. The van der Waals surface area contributed by atoms with Crippen LogP contribution in [0.15, 0.2) is 30.6 Å². The summed E-state index contributed by atoms with van der Waals surface area (Å²) in [5, 5.41) is 2.58. The predicted octanol–water partition coefficient (Wildman–Crippen LogP) is 1.14. The maximum Gasteiger partial charge on any atom is 0.254 e. The van der Waals surface area contributed by atoms with Crippen LogP contribution in [0.5, 0.6) is 5.88 Å². The molecule has 0 spiro atoms. The monoisotopic (exact) mass is 276 g/mol. The van der Waals surface area contributed by atoms with E-state index in [1.807, 2.05) is 0 Å². The van der Waals surface area contributed by atoms with Crippen molar-refractivity contribution in [3.63, 3.8) is 0 Å². The molecule has 0 saturated carbocycles. The number of hydrogen-bond donors (Lipinski definition) is 2. The van der Waals surface area contributed by atoms with E-state index >= 15 is 0 Å². The van der Waals surface area contributed by atoms with E-state index in [2.05, 4.69) is 15.3 Å². The standard InChI is InChI=1S/C13H13FN4O2/c1-20-10-3-2-8(6-17-10)7-18-13(19)9-4-5-16-12(15)11(9)14/h2-6H,7H2,1H3,(H2,15,16)(H,18,19). The number of carbonyl (C=O) groups is 1. The van der Waals surface area contributed by atoms with Crippen LogP contribution in [0, 0.1) is 5.82 Å². The number of aromatic nitrogens is 2. The predicted molar refractivity (Wildman–Crippen MR) is 70.6 cm³/mol. The Hall–Kier alpha value is -2.70. The number of nitrogens with two attached hydrogens (primary N) is 1. The van der Waals surface area contributed by atoms with Gasteiger partial charge in [-0.05, 0) is 11.6 Å². The molecule has 0 aliphatic rings. The number of nitrogen functional groups attached to an aromatic ring is 1. The molecule has 0 aliphatic heterocycles. The van der Waals surface area contributed by atoms with Gasteiger partial charge >= 0.3 is 0 Å². The van der Waals surface area contributed by atoms with Crippen molar-refractivity contribution >= 4 is 11.7 Å². The van der Waals surface area contributed by atoms with Crippen LogP contribution in [-0.4, -0.2) is 23.0 Å². The number of rotatable bonds is 4. The zero-order chi connectivity index (χ0) is 14.5. The first-order chi connectivity index (χ1) is 9.61. The maximum atomic E-state index is 13.6. The fraction of sp³-hybridized carbons (Fsp3) is 0.154. The Morgan fingerprint density at radius 2 is 2.20 bits per heavy atom. The molecule has 0 bridgehead atoms. The van der Waals surface area contributed by atoms with Crippen molar-refractivity contribution in [1.82, 2.24) is 15.3 Å². The molecular weight excluding hydrogens is 263 g/mol. The number of pyridine rings is 2. The van der Waals surface area contributed by atoms with Gasteiger partial charge in [-0.15, -0.1) is 0 Å². The van der Waals surface area contributed by atoms with Crippen LogP contribution in [0.4, 0.5) is 10.2 Å². The summed E-state index contributed by atoms with van der Waals surface area (Å²) >= 11 is 0. The average Bonchev–Trinajstić information content (AvgIpc) is 2.48. The van der Waals surface area contributed by atoms with Gasteiger partial charge in [-0.25, -0.2) is 14.4 Å². The van der Waals surface area contributed by atoms with Crippen molar-refractivity contribution in [1.29, 1.82) is 0 Å². The molecule has 2 heterocycles. The van der Waals surface area contributed by atoms with E-state index in [0.717, 1.165) is 5.56 Å². The van der Waals surface area contributed by atoms with E-state index in [0.29, 0.717) is 5.88 Å². The highest BCUT2D eigenvalue weighted by atomic mass is 19.1. The number of anilines is 1. The minimum atomic E-state index is -0.821. The molecule has 20 heavy (non-hydrogen) atoms. The van der Waals surface area contributed by atoms with Gasteiger partial charge in [0.05, 0.1) is 12.7 Å². The lowest BCUT2D eigenvalue weighted by atomic mass is 10.2. The Labute approximate surface area is 114 Å². The van der Waals surface area contributed by atoms with Gasteiger partial charge in [0.15, 0.2) is 11.6 Å². The Morgan fingerprint density at radius 3 is 2.85 bits per heavy atom. The Bertz CT molecular complexity index is 616. The van der Waals surface area contributed by atoms with Crippen LogP contribution < -0.4 is 15.8 Å². The smallest absolute Gasteiger partial charge is 0.254 e. The molecule has 0 aliphatic carbocycles. The Kier molecular flexibility index (Phi) is 4.09. The van der Waals surface area contributed by atoms with Crippen molar-refractivity contribution in [2.75, 3.05) is 12.8 Å². The Morgan fingerprint density at radius 1 is 1.40 bits per heavy atom. The molecule has 3 N–H and O–H groups in total. The number of methoxy groups -OCH3 is 1. The average molecular weight is 276 g/mol. The first-order valence-electron chi connectivity index (χ1n) is 5.79. The fourth-order valence-corrected chi connectivity index (χ4v) is 1.55. The number of carbonyl (C=O) groups excluding carboxylic acids is 1. The summed E-state index contributed by atoms with van der Waals surface area (Å²) in [7, 11) is 1.51. The molecule has 6 nitrogen and oxygen atoms in total. The third-order valence-corrected chi connectivity index (χ3v) is 2.62. The van der Waals surface area contributed by atoms with Gasteiger partial charge in [-0.1, -0.05) is 6.07 Å². The molecule has 104 valence electrons. The second-order valence-corrected chi connectivity index (χ2v) is 3.95. The third kappa shape index (κ3) is 3.00. The largest absolute Gasteiger partial charge is 0.481 e. The highest BCUT2D eigenvalue weighted by Gasteiger charge is 2.14. The summed E-state index contributed by atoms with van der Waals surface area (Å²) < 4.78 is 18.5. The summed E-state index contributed by atoms with van der Waals surface area (Å²) in [4.78, 5) is 19.4. The van der Waals surface area contributed by atoms with Crippen molar-refractivity contribution in [2.24, 2.45) is 0 Å². The third-order valence-electron chi connectivity index (χ3n) is 2.62. The number of halogens is 1. The van der Waals surface area contributed by atoms with Gasteiger partial charge in [-0.2, -0.15) is 0 Å². The first-order valence-corrected chi connectivity index (χ1v) is 5.79. The van der Waals surface area contributed by atoms with Crippen LogP contribution in [0.25, 0.3) is 0 Å². The zero-order valence-corrected chi connectivity index (χ0v) is 10.8. The lowest BCUT2D eigenvalue weighted by Crippen LogP contribution is -2.24. The molecule has 2 aromatic heterocycles. The maximum absolute atomic E-state index is 13.6. The molecule has 0 radical (unpaired) electrons. The van der Waals surface area contributed by atoms with E-state index in [9.17, 15) is 9.18 Å². The summed E-state index contributed by atoms with van der Waals surface area (Å²) in [5.74, 6) is -1.21. The highest BCUT2D eigenvalue weighted by molar-refractivity contribution is 5.95. The molecule has 0 fully saturated rings. The van der Waals surface area contributed by atoms with Crippen molar-refractivity contribution in [2.45, 2.75) is 6.54 Å². The van der Waals surface area contributed by atoms with Gasteiger partial charge in [0, 0.05) is 25.0 Å². The van der Waals surface area contributed by atoms with Crippen LogP contribution in [0.1, 0.15) is 15.9 Å². The Balaban J connectivity index is 2.02. The molecule has 0 aromatic carbocycles. The van der Waals surface area contributed by atoms with Gasteiger partial charge in [0.1, 0.15) is 0 Å². The van der Waals surface area contributed by atoms with E-state index in [-0.39, 0.29) is 17.9 Å². The van der Waals surface area contributed by atoms with Gasteiger partial charge in [0.2, 0.25) is 5.88 Å². The summed E-state index contributed by atoms with van der Waals surface area (Å²) in [6.45, 7) is 0.220. The first kappa shape index (κ1) is 13.7. The van der Waals surface area contributed by atoms with E-state index in [4.69, 9.17) is 10.5 Å². The van der Waals surface area contributed by atoms with E-state index in [1.54, 1.807) is 18.3 Å². The normalized spacial score (nSPS) is 10.1. The molecule has 2 aromatic rings. The van der Waals surface area contributed by atoms with Crippen molar-refractivity contribution in [3.8, 4) is 5.88 Å². The molecule has 2 rings (SSSR count). The molecular formula is C13H13FN4O2. The molecule has 0 saturated heterocycles. The van der Waals surface area contributed by atoms with Crippen LogP contribution in [0.3, 0.4) is 0 Å². The number of hydrogen-bond acceptors (Lipinski definition) is 5. The topological polar surface area (TPSA) is 90.1 Å². The number of ether oxygens (including phenoxy) is 1. The van der Waals surface area contributed by atoms with Gasteiger partial charge in [-0.3, -0.25) is 4.79 Å². The SMILES string of the molecule is COc1ccc(CNC(=O)c2ccnc(N)c2F)cn1. The lowest BCUT2D eigenvalue weighted by molar-refractivity contribution is 0.0947. The van der Waals surface area contributed by atoms with Crippen molar-refractivity contribution < 1.29 is 13.9 Å². The minimum absolute atomic E-state index is 0.140. The number of nitrogens with zero attached hydrogens (tertiary/aromatic N) is 2. The second-order valence-electron chi connectivity index (χ2n) is 3.95. The van der Waals surface area contributed by atoms with Crippen LogP contribution >= 0.6 is 0 Å². The molecule has 1 amide bonds. The van der Waals surface area contributed by atoms with E-state index in [1.165, 1.54) is 19.4 Å². The minimum Gasteiger partial charge on any atom is -0.481 e.